The third-order valence-corrected chi connectivity index (χ3v) is 5.03. The number of imidazole rings is 1. The molecule has 0 spiro atoms. The summed E-state index contributed by atoms with van der Waals surface area (Å²) in [5.74, 6) is 0.451. The Morgan fingerprint density at radius 2 is 1.85 bits per heavy atom. The van der Waals surface area contributed by atoms with Crippen molar-refractivity contribution in [2.24, 2.45) is 7.05 Å². The zero-order chi connectivity index (χ0) is 19.3. The molecule has 9 nitrogen and oxygen atoms in total. The van der Waals surface area contributed by atoms with Crippen LogP contribution in [-0.4, -0.2) is 51.4 Å². The minimum atomic E-state index is -0.539. The molecular formula is C16H24BN5O4. The van der Waals surface area contributed by atoms with Gasteiger partial charge < -0.3 is 19.6 Å². The van der Waals surface area contributed by atoms with Gasteiger partial charge in [-0.05, 0) is 46.3 Å². The molecule has 3 N–H and O–H groups in total. The molecule has 2 aromatic rings. The van der Waals surface area contributed by atoms with Crippen LogP contribution in [0.15, 0.2) is 15.1 Å². The van der Waals surface area contributed by atoms with Crippen LogP contribution in [0.4, 0.5) is 0 Å². The molecule has 3 rings (SSSR count). The van der Waals surface area contributed by atoms with E-state index >= 15 is 0 Å². The second kappa shape index (κ2) is 6.22. The molecule has 1 aliphatic heterocycles. The Kier molecular flexibility index (Phi) is 4.46. The largest absolute Gasteiger partial charge is 0.492 e. The summed E-state index contributed by atoms with van der Waals surface area (Å²) in [6.45, 7) is 8.46. The number of aromatic nitrogens is 4. The predicted octanol–water partition coefficient (Wildman–Crippen LogP) is 0.184. The topological polar surface area (TPSA) is 114 Å². The SMILES string of the molecule is CNCC(=Cc1nc2c([nH]1)c(=O)[nH]c(=O)n2C)B1OC(C)(C)C(C)(C)O1. The summed E-state index contributed by atoms with van der Waals surface area (Å²) in [6.07, 6.45) is 1.78. The smallest absolute Gasteiger partial charge is 0.400 e. The summed E-state index contributed by atoms with van der Waals surface area (Å²) < 4.78 is 13.5. The van der Waals surface area contributed by atoms with Gasteiger partial charge in [-0.25, -0.2) is 9.78 Å². The van der Waals surface area contributed by atoms with Crippen molar-refractivity contribution < 1.29 is 9.31 Å². The van der Waals surface area contributed by atoms with Crippen LogP contribution in [0.3, 0.4) is 0 Å². The molecule has 1 aliphatic rings. The molecule has 0 bridgehead atoms. The van der Waals surface area contributed by atoms with Gasteiger partial charge in [0.05, 0.1) is 11.2 Å². The van der Waals surface area contributed by atoms with Crippen LogP contribution in [0.2, 0.25) is 0 Å². The fourth-order valence-electron chi connectivity index (χ4n) is 2.77. The van der Waals surface area contributed by atoms with Crippen molar-refractivity contribution in [3.05, 3.63) is 32.1 Å². The lowest BCUT2D eigenvalue weighted by Crippen LogP contribution is -2.41. The highest BCUT2D eigenvalue weighted by Gasteiger charge is 2.52. The van der Waals surface area contributed by atoms with E-state index in [0.717, 1.165) is 5.47 Å². The van der Waals surface area contributed by atoms with Gasteiger partial charge in [-0.15, -0.1) is 0 Å². The Labute approximate surface area is 151 Å². The van der Waals surface area contributed by atoms with Crippen molar-refractivity contribution >= 4 is 24.4 Å². The van der Waals surface area contributed by atoms with Crippen LogP contribution in [0.5, 0.6) is 0 Å². The molecule has 26 heavy (non-hydrogen) atoms. The first-order valence-corrected chi connectivity index (χ1v) is 8.45. The van der Waals surface area contributed by atoms with Crippen LogP contribution in [-0.2, 0) is 16.4 Å². The monoisotopic (exact) mass is 361 g/mol. The van der Waals surface area contributed by atoms with Gasteiger partial charge >= 0.3 is 12.8 Å². The molecule has 2 aromatic heterocycles. The van der Waals surface area contributed by atoms with Gasteiger partial charge in [-0.3, -0.25) is 14.3 Å². The minimum absolute atomic E-state index is 0.246. The number of fused-ring (bicyclic) bond motifs is 1. The van der Waals surface area contributed by atoms with Crippen LogP contribution in [0.1, 0.15) is 33.5 Å². The fourth-order valence-corrected chi connectivity index (χ4v) is 2.77. The highest BCUT2D eigenvalue weighted by Crippen LogP contribution is 2.38. The van der Waals surface area contributed by atoms with E-state index in [2.05, 4.69) is 20.3 Å². The fraction of sp³-hybridized carbons (Fsp3) is 0.562. The number of aryl methyl sites for hydroxylation is 1. The molecule has 0 amide bonds. The molecule has 0 radical (unpaired) electrons. The molecule has 1 fully saturated rings. The molecule has 0 atom stereocenters. The van der Waals surface area contributed by atoms with Crippen molar-refractivity contribution in [1.82, 2.24) is 24.8 Å². The Hall–Kier alpha value is -2.17. The highest BCUT2D eigenvalue weighted by molar-refractivity contribution is 6.55. The van der Waals surface area contributed by atoms with Gasteiger partial charge in [0.2, 0.25) is 0 Å². The Morgan fingerprint density at radius 3 is 2.42 bits per heavy atom. The zero-order valence-corrected chi connectivity index (χ0v) is 15.9. The number of hydrogen-bond donors (Lipinski definition) is 3. The summed E-state index contributed by atoms with van der Waals surface area (Å²) >= 11 is 0. The molecule has 0 aromatic carbocycles. The average molecular weight is 361 g/mol. The van der Waals surface area contributed by atoms with Crippen molar-refractivity contribution in [2.75, 3.05) is 13.6 Å². The molecule has 3 heterocycles. The molecule has 0 unspecified atom stereocenters. The van der Waals surface area contributed by atoms with E-state index in [0.29, 0.717) is 18.0 Å². The highest BCUT2D eigenvalue weighted by atomic mass is 16.7. The van der Waals surface area contributed by atoms with Crippen LogP contribution >= 0.6 is 0 Å². The van der Waals surface area contributed by atoms with Gasteiger partial charge in [0.25, 0.3) is 5.56 Å². The van der Waals surface area contributed by atoms with E-state index < -0.39 is 29.6 Å². The maximum absolute atomic E-state index is 12.0. The number of rotatable bonds is 4. The number of aromatic amines is 2. The first kappa shape index (κ1) is 18.6. The number of nitrogens with one attached hydrogen (secondary N) is 3. The van der Waals surface area contributed by atoms with E-state index in [-0.39, 0.29) is 5.52 Å². The lowest BCUT2D eigenvalue weighted by atomic mass is 9.77. The van der Waals surface area contributed by atoms with Gasteiger partial charge in [-0.2, -0.15) is 0 Å². The van der Waals surface area contributed by atoms with Gasteiger partial charge in [-0.1, -0.05) is 0 Å². The molecule has 0 saturated carbocycles. The second-order valence-electron chi connectivity index (χ2n) is 7.48. The Balaban J connectivity index is 2.04. The summed E-state index contributed by atoms with van der Waals surface area (Å²) in [7, 11) is 2.84. The van der Waals surface area contributed by atoms with Crippen LogP contribution < -0.4 is 16.6 Å². The summed E-state index contributed by atoms with van der Waals surface area (Å²) in [5.41, 5.74) is -0.559. The third kappa shape index (κ3) is 3.04. The van der Waals surface area contributed by atoms with E-state index in [9.17, 15) is 9.59 Å². The first-order chi connectivity index (χ1) is 12.1. The Bertz CT molecular complexity index is 969. The number of nitrogens with zero attached hydrogens (tertiary/aromatic N) is 2. The average Bonchev–Trinajstić information content (AvgIpc) is 3.04. The molecule has 1 saturated heterocycles. The Morgan fingerprint density at radius 1 is 1.23 bits per heavy atom. The van der Waals surface area contributed by atoms with Crippen molar-refractivity contribution in [1.29, 1.82) is 0 Å². The lowest BCUT2D eigenvalue weighted by Gasteiger charge is -2.32. The van der Waals surface area contributed by atoms with Gasteiger partial charge in [0.15, 0.2) is 5.65 Å². The summed E-state index contributed by atoms with van der Waals surface area (Å²) in [5, 5.41) is 3.09. The minimum Gasteiger partial charge on any atom is -0.400 e. The molecule has 140 valence electrons. The molecule has 10 heteroatoms. The number of hydrogen-bond acceptors (Lipinski definition) is 6. The molecule has 0 aliphatic carbocycles. The van der Waals surface area contributed by atoms with Crippen molar-refractivity contribution in [3.63, 3.8) is 0 Å². The van der Waals surface area contributed by atoms with E-state index in [1.807, 2.05) is 34.7 Å². The standard InChI is InChI=1S/C16H24BN5O4/c1-15(2)16(3,4)26-17(25-15)9(8-18-5)7-10-19-11-12(20-10)22(6)14(24)21-13(11)23/h7,18H,8H2,1-6H3,(H,19,20)(H,21,23,24). The van der Waals surface area contributed by atoms with E-state index in [4.69, 9.17) is 9.31 Å². The second-order valence-corrected chi connectivity index (χ2v) is 7.48. The quantitative estimate of drug-likeness (QED) is 0.670. The lowest BCUT2D eigenvalue weighted by molar-refractivity contribution is 0.00578. The molecular weight excluding hydrogens is 337 g/mol. The summed E-state index contributed by atoms with van der Waals surface area (Å²) in [4.78, 5) is 33.3. The number of likely N-dealkylation sites (N-methyl/N-ethyl adjacent to an activating group) is 1. The van der Waals surface area contributed by atoms with Crippen LogP contribution in [0, 0.1) is 0 Å². The first-order valence-electron chi connectivity index (χ1n) is 8.45. The summed E-state index contributed by atoms with van der Waals surface area (Å²) in [6, 6.07) is 0. The number of H-pyrrole nitrogens is 2. The van der Waals surface area contributed by atoms with Crippen molar-refractivity contribution in [2.45, 2.75) is 38.9 Å². The van der Waals surface area contributed by atoms with Crippen molar-refractivity contribution in [3.8, 4) is 0 Å². The van der Waals surface area contributed by atoms with Gasteiger partial charge in [0.1, 0.15) is 11.3 Å². The normalized spacial score (nSPS) is 19.5. The maximum atomic E-state index is 12.0. The van der Waals surface area contributed by atoms with Crippen LogP contribution in [0.25, 0.3) is 17.2 Å². The third-order valence-electron chi connectivity index (χ3n) is 5.03. The zero-order valence-electron chi connectivity index (χ0n) is 15.9. The van der Waals surface area contributed by atoms with E-state index in [1.165, 1.54) is 4.57 Å². The van der Waals surface area contributed by atoms with Gasteiger partial charge in [0, 0.05) is 13.6 Å². The maximum Gasteiger partial charge on any atom is 0.492 e. The predicted molar refractivity (Wildman–Crippen MR) is 99.9 cm³/mol. The van der Waals surface area contributed by atoms with E-state index in [1.54, 1.807) is 13.1 Å².